The van der Waals surface area contributed by atoms with E-state index in [1.807, 2.05) is 12.1 Å². The van der Waals surface area contributed by atoms with Crippen LogP contribution < -0.4 is 9.64 Å². The van der Waals surface area contributed by atoms with E-state index in [1.165, 1.54) is 0 Å². The van der Waals surface area contributed by atoms with E-state index in [9.17, 15) is 0 Å². The first-order chi connectivity index (χ1) is 11.7. The minimum atomic E-state index is 0.0697. The van der Waals surface area contributed by atoms with Crippen LogP contribution in [-0.4, -0.2) is 31.3 Å². The molecule has 0 aliphatic carbocycles. The summed E-state index contributed by atoms with van der Waals surface area (Å²) in [7, 11) is 1.64. The zero-order chi connectivity index (χ0) is 16.9. The number of methoxy groups -OCH3 is 1. The van der Waals surface area contributed by atoms with Crippen molar-refractivity contribution in [3.8, 4) is 5.88 Å². The lowest BCUT2D eigenvalue weighted by molar-refractivity contribution is 0.216. The van der Waals surface area contributed by atoms with Crippen LogP contribution in [0.1, 0.15) is 12.0 Å². The summed E-state index contributed by atoms with van der Waals surface area (Å²) in [5, 5.41) is 0.545. The highest BCUT2D eigenvalue weighted by Crippen LogP contribution is 2.30. The van der Waals surface area contributed by atoms with Crippen molar-refractivity contribution in [1.29, 1.82) is 0 Å². The van der Waals surface area contributed by atoms with Crippen LogP contribution in [0.25, 0.3) is 6.08 Å². The quantitative estimate of drug-likeness (QED) is 0.666. The Labute approximate surface area is 155 Å². The van der Waals surface area contributed by atoms with E-state index in [4.69, 9.17) is 21.1 Å². The molecule has 1 aromatic carbocycles. The fourth-order valence-electron chi connectivity index (χ4n) is 2.75. The van der Waals surface area contributed by atoms with Crippen molar-refractivity contribution >= 4 is 39.3 Å². The predicted molar refractivity (Wildman–Crippen MR) is 101 cm³/mol. The molecule has 4 nitrogen and oxygen atoms in total. The molecule has 1 unspecified atom stereocenters. The van der Waals surface area contributed by atoms with E-state index in [0.29, 0.717) is 10.9 Å². The summed E-state index contributed by atoms with van der Waals surface area (Å²) in [5.74, 6) is 0.501. The summed E-state index contributed by atoms with van der Waals surface area (Å²) in [5.41, 5.74) is 2.26. The highest BCUT2D eigenvalue weighted by molar-refractivity contribution is 9.10. The molecule has 1 saturated heterocycles. The number of halogens is 2. The van der Waals surface area contributed by atoms with E-state index < -0.39 is 0 Å². The summed E-state index contributed by atoms with van der Waals surface area (Å²) in [6.45, 7) is 1.72. The molecule has 126 valence electrons. The first kappa shape index (κ1) is 17.1. The van der Waals surface area contributed by atoms with Gasteiger partial charge in [0.2, 0.25) is 5.88 Å². The van der Waals surface area contributed by atoms with E-state index in [1.54, 1.807) is 31.7 Å². The van der Waals surface area contributed by atoms with Crippen molar-refractivity contribution in [3.05, 3.63) is 57.8 Å². The average Bonchev–Trinajstić information content (AvgIpc) is 3.03. The van der Waals surface area contributed by atoms with Gasteiger partial charge in [0.05, 0.1) is 19.9 Å². The molecule has 2 heterocycles. The molecule has 0 radical (unpaired) electrons. The van der Waals surface area contributed by atoms with Crippen LogP contribution >= 0.6 is 27.5 Å². The van der Waals surface area contributed by atoms with Gasteiger partial charge in [0.15, 0.2) is 0 Å². The fourth-order valence-corrected chi connectivity index (χ4v) is 3.29. The van der Waals surface area contributed by atoms with Crippen molar-refractivity contribution in [2.45, 2.75) is 12.5 Å². The second-order valence-electron chi connectivity index (χ2n) is 5.51. The molecule has 24 heavy (non-hydrogen) atoms. The van der Waals surface area contributed by atoms with Gasteiger partial charge in [-0.25, -0.2) is 4.98 Å². The number of hydrogen-bond donors (Lipinski definition) is 0. The Morgan fingerprint density at radius 2 is 2.25 bits per heavy atom. The van der Waals surface area contributed by atoms with Crippen LogP contribution in [0.2, 0.25) is 5.02 Å². The summed E-state index contributed by atoms with van der Waals surface area (Å²) in [6.07, 6.45) is 6.33. The Kier molecular flexibility index (Phi) is 5.63. The maximum atomic E-state index is 6.13. The molecule has 0 saturated carbocycles. The first-order valence-electron chi connectivity index (χ1n) is 7.68. The number of anilines is 1. The van der Waals surface area contributed by atoms with Crippen molar-refractivity contribution < 1.29 is 9.47 Å². The molecule has 0 bridgehead atoms. The third-order valence-electron chi connectivity index (χ3n) is 3.86. The SMILES string of the molecule is COC=Cc1cc(Br)ccc1N1CCC(Oc2ncccc2Cl)C1. The highest BCUT2D eigenvalue weighted by Gasteiger charge is 2.26. The van der Waals surface area contributed by atoms with Gasteiger partial charge >= 0.3 is 0 Å². The minimum absolute atomic E-state index is 0.0697. The molecule has 1 aliphatic heterocycles. The Balaban J connectivity index is 1.74. The highest BCUT2D eigenvalue weighted by atomic mass is 79.9. The molecule has 0 spiro atoms. The van der Waals surface area contributed by atoms with Gasteiger partial charge in [0.25, 0.3) is 0 Å². The summed E-state index contributed by atoms with van der Waals surface area (Å²) in [6, 6.07) is 9.82. The number of hydrogen-bond acceptors (Lipinski definition) is 4. The second kappa shape index (κ2) is 7.90. The molecule has 2 aromatic rings. The molecule has 1 atom stereocenters. The third-order valence-corrected chi connectivity index (χ3v) is 4.64. The van der Waals surface area contributed by atoms with E-state index in [2.05, 4.69) is 37.9 Å². The molecule has 1 aliphatic rings. The molecular formula is C18H18BrClN2O2. The van der Waals surface area contributed by atoms with Gasteiger partial charge in [0, 0.05) is 34.9 Å². The van der Waals surface area contributed by atoms with Crippen LogP contribution in [0, 0.1) is 0 Å². The molecule has 6 heteroatoms. The Bertz CT molecular complexity index is 739. The summed E-state index contributed by atoms with van der Waals surface area (Å²) < 4.78 is 12.1. The van der Waals surface area contributed by atoms with Gasteiger partial charge in [-0.2, -0.15) is 0 Å². The third kappa shape index (κ3) is 4.02. The van der Waals surface area contributed by atoms with Crippen LogP contribution in [-0.2, 0) is 4.74 Å². The largest absolute Gasteiger partial charge is 0.504 e. The smallest absolute Gasteiger partial charge is 0.232 e. The zero-order valence-corrected chi connectivity index (χ0v) is 15.6. The lowest BCUT2D eigenvalue weighted by atomic mass is 10.1. The van der Waals surface area contributed by atoms with Crippen LogP contribution in [0.15, 0.2) is 47.3 Å². The lowest BCUT2D eigenvalue weighted by Crippen LogP contribution is -2.25. The van der Waals surface area contributed by atoms with E-state index >= 15 is 0 Å². The molecule has 1 fully saturated rings. The maximum Gasteiger partial charge on any atom is 0.232 e. The van der Waals surface area contributed by atoms with Crippen LogP contribution in [0.5, 0.6) is 5.88 Å². The number of nitrogens with zero attached hydrogens (tertiary/aromatic N) is 2. The average molecular weight is 410 g/mol. The molecule has 0 amide bonds. The van der Waals surface area contributed by atoms with Crippen molar-refractivity contribution in [2.24, 2.45) is 0 Å². The van der Waals surface area contributed by atoms with Crippen molar-refractivity contribution in [3.63, 3.8) is 0 Å². The summed E-state index contributed by atoms with van der Waals surface area (Å²) in [4.78, 5) is 6.51. The Morgan fingerprint density at radius 1 is 1.38 bits per heavy atom. The van der Waals surface area contributed by atoms with Gasteiger partial charge in [0.1, 0.15) is 11.1 Å². The number of pyridine rings is 1. The zero-order valence-electron chi connectivity index (χ0n) is 13.3. The topological polar surface area (TPSA) is 34.6 Å². The molecule has 0 N–H and O–H groups in total. The minimum Gasteiger partial charge on any atom is -0.504 e. The maximum absolute atomic E-state index is 6.13. The normalized spacial score (nSPS) is 17.5. The van der Waals surface area contributed by atoms with Crippen molar-refractivity contribution in [1.82, 2.24) is 4.98 Å². The van der Waals surface area contributed by atoms with Gasteiger partial charge < -0.3 is 14.4 Å². The van der Waals surface area contributed by atoms with Gasteiger partial charge in [-0.05, 0) is 36.4 Å². The second-order valence-corrected chi connectivity index (χ2v) is 6.83. The lowest BCUT2D eigenvalue weighted by Gasteiger charge is -2.21. The van der Waals surface area contributed by atoms with Gasteiger partial charge in [-0.15, -0.1) is 0 Å². The monoisotopic (exact) mass is 408 g/mol. The standard InChI is InChI=1S/C18H18BrClN2O2/c1-23-10-7-13-11-14(19)4-5-17(13)22-9-6-15(12-22)24-18-16(20)3-2-8-21-18/h2-5,7-8,10-11,15H,6,9,12H2,1H3. The number of rotatable bonds is 5. The predicted octanol–water partition coefficient (Wildman–Crippen LogP) is 4.77. The van der Waals surface area contributed by atoms with E-state index in [0.717, 1.165) is 35.2 Å². The Morgan fingerprint density at radius 3 is 3.04 bits per heavy atom. The van der Waals surface area contributed by atoms with Crippen LogP contribution in [0.3, 0.4) is 0 Å². The number of aromatic nitrogens is 1. The Hall–Kier alpha value is -1.72. The fraction of sp³-hybridized carbons (Fsp3) is 0.278. The van der Waals surface area contributed by atoms with Crippen LogP contribution in [0.4, 0.5) is 5.69 Å². The van der Waals surface area contributed by atoms with Gasteiger partial charge in [-0.1, -0.05) is 27.5 Å². The number of ether oxygens (including phenoxy) is 2. The molecule has 1 aromatic heterocycles. The summed E-state index contributed by atoms with van der Waals surface area (Å²) >= 11 is 9.65. The molecular weight excluding hydrogens is 392 g/mol. The van der Waals surface area contributed by atoms with E-state index in [-0.39, 0.29) is 6.10 Å². The molecule has 3 rings (SSSR count). The first-order valence-corrected chi connectivity index (χ1v) is 8.85. The number of benzene rings is 1. The van der Waals surface area contributed by atoms with Crippen molar-refractivity contribution in [2.75, 3.05) is 25.1 Å². The van der Waals surface area contributed by atoms with Gasteiger partial charge in [-0.3, -0.25) is 0 Å².